The van der Waals surface area contributed by atoms with E-state index in [1.54, 1.807) is 12.3 Å². The van der Waals surface area contributed by atoms with Crippen LogP contribution in [0.25, 0.3) is 10.9 Å². The van der Waals surface area contributed by atoms with Crippen LogP contribution in [-0.4, -0.2) is 10.8 Å². The number of aromatic nitrogens is 1. The highest BCUT2D eigenvalue weighted by Crippen LogP contribution is 2.23. The monoisotopic (exact) mass is 264 g/mol. The molecule has 0 radical (unpaired) electrons. The van der Waals surface area contributed by atoms with Crippen LogP contribution in [0.15, 0.2) is 42.6 Å². The van der Waals surface area contributed by atoms with Gasteiger partial charge in [-0.3, -0.25) is 4.79 Å². The molecule has 3 N–H and O–H groups in total. The van der Waals surface area contributed by atoms with Gasteiger partial charge >= 0.3 is 0 Å². The van der Waals surface area contributed by atoms with E-state index < -0.39 is 0 Å². The lowest BCUT2D eigenvalue weighted by Gasteiger charge is -2.04. The SMILES string of the molecule is Cc1cc(N)cc(C(=O)c2c[nH]c3ccc(C)cc23)c1. The molecule has 100 valence electrons. The summed E-state index contributed by atoms with van der Waals surface area (Å²) in [6, 6.07) is 11.5. The van der Waals surface area contributed by atoms with Crippen molar-refractivity contribution in [2.75, 3.05) is 5.73 Å². The maximum atomic E-state index is 12.7. The summed E-state index contributed by atoms with van der Waals surface area (Å²) >= 11 is 0. The number of H-pyrrole nitrogens is 1. The molecular formula is C17H16N2O. The first-order valence-electron chi connectivity index (χ1n) is 6.54. The largest absolute Gasteiger partial charge is 0.399 e. The van der Waals surface area contributed by atoms with Crippen LogP contribution in [0.2, 0.25) is 0 Å². The molecule has 0 aliphatic rings. The Morgan fingerprint density at radius 3 is 2.60 bits per heavy atom. The molecule has 0 aliphatic heterocycles. The predicted octanol–water partition coefficient (Wildman–Crippen LogP) is 3.60. The van der Waals surface area contributed by atoms with Gasteiger partial charge in [0.1, 0.15) is 0 Å². The van der Waals surface area contributed by atoms with E-state index in [-0.39, 0.29) is 5.78 Å². The normalized spacial score (nSPS) is 10.9. The number of ketones is 1. The first-order chi connectivity index (χ1) is 9.54. The summed E-state index contributed by atoms with van der Waals surface area (Å²) in [5.74, 6) is -0.00255. The van der Waals surface area contributed by atoms with Crippen molar-refractivity contribution in [3.63, 3.8) is 0 Å². The van der Waals surface area contributed by atoms with E-state index >= 15 is 0 Å². The Morgan fingerprint density at radius 1 is 1.05 bits per heavy atom. The zero-order chi connectivity index (χ0) is 14.3. The van der Waals surface area contributed by atoms with Gasteiger partial charge in [0.05, 0.1) is 0 Å². The second-order valence-corrected chi connectivity index (χ2v) is 5.21. The number of nitrogen functional groups attached to an aromatic ring is 1. The lowest BCUT2D eigenvalue weighted by Crippen LogP contribution is -2.02. The van der Waals surface area contributed by atoms with Crippen LogP contribution in [0.4, 0.5) is 5.69 Å². The van der Waals surface area contributed by atoms with Gasteiger partial charge in [-0.05, 0) is 49.7 Å². The molecule has 0 amide bonds. The van der Waals surface area contributed by atoms with E-state index in [1.807, 2.05) is 44.2 Å². The van der Waals surface area contributed by atoms with Crippen LogP contribution < -0.4 is 5.73 Å². The zero-order valence-corrected chi connectivity index (χ0v) is 11.5. The molecule has 0 fully saturated rings. The number of carbonyl (C=O) groups is 1. The summed E-state index contributed by atoms with van der Waals surface area (Å²) in [6.45, 7) is 3.96. The Kier molecular flexibility index (Phi) is 2.83. The maximum absolute atomic E-state index is 12.7. The molecule has 0 spiro atoms. The molecule has 3 nitrogen and oxygen atoms in total. The molecule has 0 saturated heterocycles. The van der Waals surface area contributed by atoms with Crippen LogP contribution in [0, 0.1) is 13.8 Å². The molecular weight excluding hydrogens is 248 g/mol. The number of benzene rings is 2. The van der Waals surface area contributed by atoms with Gasteiger partial charge in [0.2, 0.25) is 0 Å². The molecule has 3 rings (SSSR count). The second-order valence-electron chi connectivity index (χ2n) is 5.21. The van der Waals surface area contributed by atoms with Gasteiger partial charge in [-0.25, -0.2) is 0 Å². The van der Waals surface area contributed by atoms with E-state index in [0.717, 1.165) is 22.0 Å². The standard InChI is InChI=1S/C17H16N2O/c1-10-3-4-16-14(7-10)15(9-19-16)17(20)12-5-11(2)6-13(18)8-12/h3-9,19H,18H2,1-2H3. The van der Waals surface area contributed by atoms with Crippen LogP contribution in [-0.2, 0) is 0 Å². The van der Waals surface area contributed by atoms with Crippen molar-refractivity contribution in [3.05, 3.63) is 64.8 Å². The first-order valence-corrected chi connectivity index (χ1v) is 6.54. The van der Waals surface area contributed by atoms with E-state index in [2.05, 4.69) is 4.98 Å². The van der Waals surface area contributed by atoms with Gasteiger partial charge in [0.15, 0.2) is 5.78 Å². The number of fused-ring (bicyclic) bond motifs is 1. The molecule has 0 unspecified atom stereocenters. The highest BCUT2D eigenvalue weighted by molar-refractivity contribution is 6.16. The quantitative estimate of drug-likeness (QED) is 0.549. The molecule has 0 atom stereocenters. The molecule has 3 aromatic rings. The fourth-order valence-electron chi connectivity index (χ4n) is 2.52. The fraction of sp³-hybridized carbons (Fsp3) is 0.118. The van der Waals surface area contributed by atoms with E-state index in [1.165, 1.54) is 0 Å². The Labute approximate surface area is 117 Å². The maximum Gasteiger partial charge on any atom is 0.195 e. The number of rotatable bonds is 2. The summed E-state index contributed by atoms with van der Waals surface area (Å²) in [5, 5.41) is 0.954. The minimum atomic E-state index is -0.00255. The van der Waals surface area contributed by atoms with Gasteiger partial charge in [-0.15, -0.1) is 0 Å². The average Bonchev–Trinajstić information content (AvgIpc) is 2.79. The number of nitrogens with two attached hydrogens (primary N) is 1. The molecule has 20 heavy (non-hydrogen) atoms. The first kappa shape index (κ1) is 12.5. The van der Waals surface area contributed by atoms with E-state index in [4.69, 9.17) is 5.73 Å². The van der Waals surface area contributed by atoms with Gasteiger partial charge in [-0.2, -0.15) is 0 Å². The van der Waals surface area contributed by atoms with Gasteiger partial charge < -0.3 is 10.7 Å². The van der Waals surface area contributed by atoms with Gasteiger partial charge in [0.25, 0.3) is 0 Å². The Hall–Kier alpha value is -2.55. The highest BCUT2D eigenvalue weighted by Gasteiger charge is 2.15. The minimum absolute atomic E-state index is 0.00255. The molecule has 2 aromatic carbocycles. The van der Waals surface area contributed by atoms with Crippen molar-refractivity contribution in [2.24, 2.45) is 0 Å². The number of aromatic amines is 1. The molecule has 0 aliphatic carbocycles. The third-order valence-electron chi connectivity index (χ3n) is 3.44. The fourth-order valence-corrected chi connectivity index (χ4v) is 2.52. The summed E-state index contributed by atoms with van der Waals surface area (Å²) in [6.07, 6.45) is 1.77. The summed E-state index contributed by atoms with van der Waals surface area (Å²) in [5.41, 5.74) is 10.9. The summed E-state index contributed by atoms with van der Waals surface area (Å²) < 4.78 is 0. The van der Waals surface area contributed by atoms with Crippen molar-refractivity contribution in [3.8, 4) is 0 Å². The van der Waals surface area contributed by atoms with Crippen molar-refractivity contribution >= 4 is 22.4 Å². The number of hydrogen-bond acceptors (Lipinski definition) is 2. The summed E-state index contributed by atoms with van der Waals surface area (Å²) in [7, 11) is 0. The molecule has 1 aromatic heterocycles. The third kappa shape index (κ3) is 2.07. The van der Waals surface area contributed by atoms with Gasteiger partial charge in [0, 0.05) is 33.9 Å². The molecule has 0 saturated carbocycles. The number of hydrogen-bond donors (Lipinski definition) is 2. The number of carbonyl (C=O) groups excluding carboxylic acids is 1. The average molecular weight is 264 g/mol. The lowest BCUT2D eigenvalue weighted by atomic mass is 10.00. The minimum Gasteiger partial charge on any atom is -0.399 e. The highest BCUT2D eigenvalue weighted by atomic mass is 16.1. The molecule has 1 heterocycles. The van der Waals surface area contributed by atoms with Crippen LogP contribution in [0.1, 0.15) is 27.0 Å². The second kappa shape index (κ2) is 4.53. The molecule has 3 heteroatoms. The zero-order valence-electron chi connectivity index (χ0n) is 11.5. The van der Waals surface area contributed by atoms with Crippen molar-refractivity contribution < 1.29 is 4.79 Å². The van der Waals surface area contributed by atoms with Crippen molar-refractivity contribution in [2.45, 2.75) is 13.8 Å². The smallest absolute Gasteiger partial charge is 0.195 e. The van der Waals surface area contributed by atoms with Crippen molar-refractivity contribution in [1.82, 2.24) is 4.98 Å². The lowest BCUT2D eigenvalue weighted by molar-refractivity contribution is 0.104. The number of nitrogens with one attached hydrogen (secondary N) is 1. The third-order valence-corrected chi connectivity index (χ3v) is 3.44. The Balaban J connectivity index is 2.15. The topological polar surface area (TPSA) is 58.9 Å². The van der Waals surface area contributed by atoms with Crippen molar-refractivity contribution in [1.29, 1.82) is 0 Å². The summed E-state index contributed by atoms with van der Waals surface area (Å²) in [4.78, 5) is 15.8. The van der Waals surface area contributed by atoms with Gasteiger partial charge in [-0.1, -0.05) is 11.6 Å². The number of aryl methyl sites for hydroxylation is 2. The van der Waals surface area contributed by atoms with Crippen LogP contribution in [0.3, 0.4) is 0 Å². The van der Waals surface area contributed by atoms with E-state index in [9.17, 15) is 4.79 Å². The Morgan fingerprint density at radius 2 is 1.85 bits per heavy atom. The van der Waals surface area contributed by atoms with Crippen LogP contribution in [0.5, 0.6) is 0 Å². The Bertz CT molecular complexity index is 795. The molecule has 0 bridgehead atoms. The van der Waals surface area contributed by atoms with E-state index in [0.29, 0.717) is 16.8 Å². The van der Waals surface area contributed by atoms with Crippen LogP contribution >= 0.6 is 0 Å². The predicted molar refractivity (Wildman–Crippen MR) is 82.1 cm³/mol. The number of anilines is 1.